The van der Waals surface area contributed by atoms with Crippen LogP contribution in [0.3, 0.4) is 0 Å². The van der Waals surface area contributed by atoms with Crippen LogP contribution in [-0.4, -0.2) is 98.4 Å². The van der Waals surface area contributed by atoms with Crippen molar-refractivity contribution in [3.05, 3.63) is 266 Å². The van der Waals surface area contributed by atoms with E-state index < -0.39 is 45.2 Å². The zero-order chi connectivity index (χ0) is 70.0. The number of hydrogen-bond donors (Lipinski definition) is 0. The average Bonchev–Trinajstić information content (AvgIpc) is 1.65. The van der Waals surface area contributed by atoms with Crippen LogP contribution in [0.2, 0.25) is 32.2 Å². The Kier molecular flexibility index (Phi) is 17.4. The zero-order valence-electron chi connectivity index (χ0n) is 56.8. The number of aryl methyl sites for hydroxylation is 1. The molecule has 0 bridgehead atoms. The number of anilines is 1. The summed E-state index contributed by atoms with van der Waals surface area (Å²) in [4.78, 5) is 112. The molecule has 0 atom stereocenters. The minimum absolute atomic E-state index is 0.203. The SMILES string of the molecule is CC[Si](C)(C)O[Si](C)(C)CN1C(=O)c2ccc(Oc3ccc(C(C)(C)c4ccc(Oc5ccc6c(c5)C(=O)N(CCCCc5cccc(N7C(=O)c8ccc(Oc9ccc(C(C)(C)c%10ccc(Oc%11ccc%12c(c%11)C(=O)N(C)C%12=O)cc%10)cc9)cc8C7=O)c5)C6=O)cc4)cc3)cc2C1=O. The molecule has 0 unspecified atom stereocenters. The molecular formula is C80H74N4O13Si2. The van der Waals surface area contributed by atoms with E-state index in [0.717, 1.165) is 38.8 Å². The Labute approximate surface area is 576 Å². The normalized spacial score (nSPS) is 14.5. The van der Waals surface area contributed by atoms with Gasteiger partial charge in [-0.05, 0) is 213 Å². The van der Waals surface area contributed by atoms with E-state index in [1.165, 1.54) is 21.7 Å². The van der Waals surface area contributed by atoms with Crippen LogP contribution in [0.4, 0.5) is 5.69 Å². The van der Waals surface area contributed by atoms with Gasteiger partial charge >= 0.3 is 0 Å². The van der Waals surface area contributed by atoms with Crippen molar-refractivity contribution in [2.45, 2.75) is 96.9 Å². The van der Waals surface area contributed by atoms with Crippen LogP contribution in [0.15, 0.2) is 194 Å². The molecule has 17 nitrogen and oxygen atoms in total. The monoisotopic (exact) mass is 1350 g/mol. The Morgan fingerprint density at radius 2 is 0.687 bits per heavy atom. The lowest BCUT2D eigenvalue weighted by Gasteiger charge is -2.35. The van der Waals surface area contributed by atoms with Gasteiger partial charge in [-0.1, -0.05) is 95.3 Å². The van der Waals surface area contributed by atoms with Gasteiger partial charge in [0.1, 0.15) is 46.0 Å². The van der Waals surface area contributed by atoms with E-state index in [2.05, 4.69) is 60.8 Å². The van der Waals surface area contributed by atoms with Crippen molar-refractivity contribution < 1.29 is 61.4 Å². The first kappa shape index (κ1) is 66.7. The number of benzene rings is 9. The third-order valence-corrected chi connectivity index (χ3v) is 26.5. The molecule has 500 valence electrons. The molecule has 4 heterocycles. The van der Waals surface area contributed by atoms with E-state index in [1.54, 1.807) is 84.9 Å². The highest BCUT2D eigenvalue weighted by molar-refractivity contribution is 6.85. The number of amides is 8. The molecule has 0 radical (unpaired) electrons. The third kappa shape index (κ3) is 13.0. The highest BCUT2D eigenvalue weighted by atomic mass is 28.4. The molecule has 0 saturated heterocycles. The summed E-state index contributed by atoms with van der Waals surface area (Å²) in [7, 11) is -2.81. The van der Waals surface area contributed by atoms with Crippen LogP contribution >= 0.6 is 0 Å². The van der Waals surface area contributed by atoms with Gasteiger partial charge in [0.15, 0.2) is 16.6 Å². The number of nitrogens with zero attached hydrogens (tertiary/aromatic N) is 4. The predicted molar refractivity (Wildman–Crippen MR) is 380 cm³/mol. The molecule has 0 saturated carbocycles. The number of imide groups is 4. The van der Waals surface area contributed by atoms with Crippen molar-refractivity contribution in [1.82, 2.24) is 14.7 Å². The van der Waals surface area contributed by atoms with Crippen molar-refractivity contribution in [2.24, 2.45) is 0 Å². The van der Waals surface area contributed by atoms with E-state index >= 15 is 0 Å². The molecule has 0 aliphatic carbocycles. The Hall–Kier alpha value is -10.9. The van der Waals surface area contributed by atoms with Gasteiger partial charge in [-0.15, -0.1) is 0 Å². The lowest BCUT2D eigenvalue weighted by atomic mass is 9.78. The van der Waals surface area contributed by atoms with Gasteiger partial charge in [-0.3, -0.25) is 53.1 Å². The van der Waals surface area contributed by atoms with Gasteiger partial charge in [0.05, 0.1) is 50.2 Å². The predicted octanol–water partition coefficient (Wildman–Crippen LogP) is 16.7. The van der Waals surface area contributed by atoms with E-state index in [0.29, 0.717) is 98.8 Å². The summed E-state index contributed by atoms with van der Waals surface area (Å²) in [5, 5.41) is 0. The first-order valence-corrected chi connectivity index (χ1v) is 39.3. The largest absolute Gasteiger partial charge is 0.457 e. The third-order valence-electron chi connectivity index (χ3n) is 19.3. The summed E-state index contributed by atoms with van der Waals surface area (Å²) in [6.45, 7) is 19.2. The van der Waals surface area contributed by atoms with E-state index in [1.807, 2.05) is 109 Å². The fourth-order valence-corrected chi connectivity index (χ4v) is 21.1. The molecular weight excluding hydrogens is 1280 g/mol. The molecule has 19 heteroatoms. The van der Waals surface area contributed by atoms with Crippen molar-refractivity contribution in [1.29, 1.82) is 0 Å². The summed E-state index contributed by atoms with van der Waals surface area (Å²) in [5.74, 6) is 0.951. The number of rotatable bonds is 23. The van der Waals surface area contributed by atoms with Crippen molar-refractivity contribution in [3.8, 4) is 46.0 Å². The lowest BCUT2D eigenvalue weighted by molar-refractivity contribution is 0.0642. The number of unbranched alkanes of at least 4 members (excludes halogenated alkanes) is 1. The topological polar surface area (TPSA) is 196 Å². The number of ether oxygens (including phenoxy) is 4. The van der Waals surface area contributed by atoms with Crippen LogP contribution in [0, 0.1) is 0 Å². The highest BCUT2D eigenvalue weighted by Gasteiger charge is 2.43. The smallest absolute Gasteiger partial charge is 0.266 e. The zero-order valence-corrected chi connectivity index (χ0v) is 58.8. The fraction of sp³-hybridized carbons (Fsp3) is 0.225. The molecule has 0 aromatic heterocycles. The Balaban J connectivity index is 0.570. The number of hydrogen-bond acceptors (Lipinski definition) is 13. The van der Waals surface area contributed by atoms with Crippen LogP contribution < -0.4 is 23.8 Å². The second-order valence-corrected chi connectivity index (χ2v) is 36.6. The molecule has 0 spiro atoms. The Morgan fingerprint density at radius 3 is 1.11 bits per heavy atom. The van der Waals surface area contributed by atoms with Crippen molar-refractivity contribution in [2.75, 3.05) is 24.7 Å². The van der Waals surface area contributed by atoms with Crippen LogP contribution in [-0.2, 0) is 21.4 Å². The summed E-state index contributed by atoms with van der Waals surface area (Å²) in [6.07, 6.45) is 1.99. The van der Waals surface area contributed by atoms with E-state index in [9.17, 15) is 38.4 Å². The first-order valence-electron chi connectivity index (χ1n) is 33.1. The average molecular weight is 1360 g/mol. The molecule has 0 fully saturated rings. The second-order valence-electron chi connectivity index (χ2n) is 27.8. The van der Waals surface area contributed by atoms with Crippen molar-refractivity contribution >= 4 is 69.6 Å². The quantitative estimate of drug-likeness (QED) is 0.0334. The van der Waals surface area contributed by atoms with Gasteiger partial charge in [0, 0.05) is 30.6 Å². The fourth-order valence-electron chi connectivity index (χ4n) is 13.3. The summed E-state index contributed by atoms with van der Waals surface area (Å²) >= 11 is 0. The van der Waals surface area contributed by atoms with Gasteiger partial charge in [-0.2, -0.15) is 0 Å². The van der Waals surface area contributed by atoms with Gasteiger partial charge < -0.3 is 23.1 Å². The molecule has 0 N–H and O–H groups in total. The molecule has 9 aromatic carbocycles. The second kappa shape index (κ2) is 25.9. The van der Waals surface area contributed by atoms with E-state index in [4.69, 9.17) is 23.1 Å². The van der Waals surface area contributed by atoms with E-state index in [-0.39, 0.29) is 58.9 Å². The maximum atomic E-state index is 14.0. The first-order chi connectivity index (χ1) is 47.2. The van der Waals surface area contributed by atoms with Crippen LogP contribution in [0.5, 0.6) is 46.0 Å². The molecule has 99 heavy (non-hydrogen) atoms. The van der Waals surface area contributed by atoms with Gasteiger partial charge in [0.2, 0.25) is 0 Å². The molecule has 13 rings (SSSR count). The van der Waals surface area contributed by atoms with Crippen LogP contribution in [0.25, 0.3) is 0 Å². The summed E-state index contributed by atoms with van der Waals surface area (Å²) < 4.78 is 31.3. The summed E-state index contributed by atoms with van der Waals surface area (Å²) in [6, 6.07) is 58.7. The lowest BCUT2D eigenvalue weighted by Crippen LogP contribution is -2.52. The maximum absolute atomic E-state index is 14.0. The van der Waals surface area contributed by atoms with Crippen molar-refractivity contribution in [3.63, 3.8) is 0 Å². The molecule has 9 aromatic rings. The van der Waals surface area contributed by atoms with Gasteiger partial charge in [-0.25, -0.2) is 4.90 Å². The molecule has 4 aliphatic heterocycles. The minimum Gasteiger partial charge on any atom is -0.457 e. The van der Waals surface area contributed by atoms with Crippen LogP contribution in [0.1, 0.15) is 158 Å². The van der Waals surface area contributed by atoms with Gasteiger partial charge in [0.25, 0.3) is 47.3 Å². The maximum Gasteiger partial charge on any atom is 0.266 e. The molecule has 4 aliphatic rings. The standard InChI is InChI=1S/C80H74N4O13Si2/c1-11-98(7,8)97-99(9,10)48-83-74(88)65-40-36-61(46-69(65)76(83)90)95-57-30-22-52(23-31-57)80(4,5)51-20-28-56(29-21-51)94-60-35-39-64-68(45-60)75(89)82(73(64)87)42-13-12-15-49-16-14-17-54(43-49)84-77(91)66-41-37-62(47-70(66)78(84)92)96-58-32-24-53(25-33-58)79(2,3)50-18-26-55(27-19-50)93-59-34-38-63-67(44-59)72(86)81(6)71(63)85/h14,16-41,43-47H,11-13,15,42,48H2,1-10H3. The Bertz CT molecular complexity index is 4810. The highest BCUT2D eigenvalue weighted by Crippen LogP contribution is 2.41. The Morgan fingerprint density at radius 1 is 0.354 bits per heavy atom. The minimum atomic E-state index is -2.36. The number of fused-ring (bicyclic) bond motifs is 4. The summed E-state index contributed by atoms with van der Waals surface area (Å²) in [5.41, 5.74) is 7.01. The number of carbonyl (C=O) groups is 8. The number of carbonyl (C=O) groups excluding carboxylic acids is 8. The molecule has 8 amide bonds.